The van der Waals surface area contributed by atoms with Gasteiger partial charge in [0.15, 0.2) is 5.82 Å². The van der Waals surface area contributed by atoms with Crippen LogP contribution in [0.25, 0.3) is 0 Å². The first-order chi connectivity index (χ1) is 13.0. The maximum absolute atomic E-state index is 13.3. The van der Waals surface area contributed by atoms with Gasteiger partial charge >= 0.3 is 6.03 Å². The van der Waals surface area contributed by atoms with Gasteiger partial charge in [0.1, 0.15) is 0 Å². The third-order valence-corrected chi connectivity index (χ3v) is 4.91. The zero-order valence-corrected chi connectivity index (χ0v) is 15.3. The molecular formula is C19H22N6O2. The van der Waals surface area contributed by atoms with E-state index in [0.29, 0.717) is 22.8 Å². The Hall–Kier alpha value is -2.97. The smallest absolute Gasteiger partial charge is 0.319 e. The monoisotopic (exact) mass is 366 g/mol. The van der Waals surface area contributed by atoms with Crippen molar-refractivity contribution < 1.29 is 9.59 Å². The Labute approximate surface area is 157 Å². The van der Waals surface area contributed by atoms with E-state index in [2.05, 4.69) is 34.6 Å². The fourth-order valence-corrected chi connectivity index (χ4v) is 3.52. The number of piperazine rings is 1. The summed E-state index contributed by atoms with van der Waals surface area (Å²) in [6, 6.07) is 10.4. The largest absolute Gasteiger partial charge is 0.342 e. The molecule has 3 heterocycles. The second kappa shape index (κ2) is 6.98. The minimum atomic E-state index is -0.338. The number of nitrogens with one attached hydrogen (secondary N) is 2. The molecule has 1 aromatic heterocycles. The van der Waals surface area contributed by atoms with Crippen molar-refractivity contribution in [2.75, 3.05) is 36.9 Å². The molecule has 1 saturated heterocycles. The normalized spacial score (nSPS) is 20.3. The zero-order valence-electron chi connectivity index (χ0n) is 15.3. The Kier molecular flexibility index (Phi) is 4.51. The van der Waals surface area contributed by atoms with E-state index in [1.807, 2.05) is 5.01 Å². The van der Waals surface area contributed by atoms with Crippen LogP contribution in [0.15, 0.2) is 42.6 Å². The Bertz CT molecular complexity index is 886. The van der Waals surface area contributed by atoms with Crippen molar-refractivity contribution in [1.82, 2.24) is 20.3 Å². The summed E-state index contributed by atoms with van der Waals surface area (Å²) >= 11 is 0. The van der Waals surface area contributed by atoms with Gasteiger partial charge in [-0.25, -0.2) is 19.7 Å². The molecule has 8 nitrogen and oxygen atoms in total. The summed E-state index contributed by atoms with van der Waals surface area (Å²) in [5.74, 6) is 0.137. The van der Waals surface area contributed by atoms with Crippen LogP contribution in [0, 0.1) is 0 Å². The Balaban J connectivity index is 1.71. The molecule has 4 rings (SSSR count). The van der Waals surface area contributed by atoms with Crippen molar-refractivity contribution in [3.05, 3.63) is 48.2 Å². The van der Waals surface area contributed by atoms with Crippen LogP contribution in [0.3, 0.4) is 0 Å². The molecular weight excluding hydrogens is 344 g/mol. The van der Waals surface area contributed by atoms with Crippen LogP contribution in [0.2, 0.25) is 0 Å². The average Bonchev–Trinajstić information content (AvgIpc) is 2.78. The Morgan fingerprint density at radius 1 is 1.22 bits per heavy atom. The van der Waals surface area contributed by atoms with Gasteiger partial charge in [-0.1, -0.05) is 12.1 Å². The van der Waals surface area contributed by atoms with E-state index in [-0.39, 0.29) is 18.0 Å². The first-order valence-electron chi connectivity index (χ1n) is 8.96. The summed E-state index contributed by atoms with van der Waals surface area (Å²) in [5.41, 5.74) is 4.43. The van der Waals surface area contributed by atoms with Crippen molar-refractivity contribution in [2.45, 2.75) is 13.0 Å². The molecule has 2 aliphatic rings. The van der Waals surface area contributed by atoms with Gasteiger partial charge < -0.3 is 10.2 Å². The predicted octanol–water partition coefficient (Wildman–Crippen LogP) is 2.05. The first-order valence-corrected chi connectivity index (χ1v) is 8.96. The van der Waals surface area contributed by atoms with E-state index in [4.69, 9.17) is 0 Å². The molecule has 0 bridgehead atoms. The Morgan fingerprint density at radius 2 is 2.04 bits per heavy atom. The molecule has 27 heavy (non-hydrogen) atoms. The highest BCUT2D eigenvalue weighted by Crippen LogP contribution is 2.36. The second-order valence-corrected chi connectivity index (χ2v) is 6.90. The number of para-hydroxylation sites is 1. The molecule has 8 heteroatoms. The molecule has 140 valence electrons. The molecule has 1 aromatic carbocycles. The number of rotatable bonds is 1. The van der Waals surface area contributed by atoms with Crippen LogP contribution in [0.1, 0.15) is 17.3 Å². The number of carbonyl (C=O) groups is 2. The van der Waals surface area contributed by atoms with Crippen molar-refractivity contribution in [1.29, 1.82) is 0 Å². The van der Waals surface area contributed by atoms with E-state index in [1.54, 1.807) is 42.6 Å². The Morgan fingerprint density at radius 3 is 2.85 bits per heavy atom. The van der Waals surface area contributed by atoms with Gasteiger partial charge in [0.25, 0.3) is 5.91 Å². The van der Waals surface area contributed by atoms with Crippen molar-refractivity contribution in [3.8, 4) is 0 Å². The average molecular weight is 366 g/mol. The summed E-state index contributed by atoms with van der Waals surface area (Å²) < 4.78 is 0. The predicted molar refractivity (Wildman–Crippen MR) is 103 cm³/mol. The van der Waals surface area contributed by atoms with Crippen molar-refractivity contribution in [2.24, 2.45) is 0 Å². The maximum Gasteiger partial charge on any atom is 0.342 e. The third-order valence-electron chi connectivity index (χ3n) is 4.91. The van der Waals surface area contributed by atoms with E-state index in [0.717, 1.165) is 19.6 Å². The van der Waals surface area contributed by atoms with Gasteiger partial charge in [0.05, 0.1) is 16.9 Å². The number of carbonyl (C=O) groups excluding carboxylic acids is 2. The highest BCUT2D eigenvalue weighted by atomic mass is 16.2. The molecule has 2 N–H and O–H groups in total. The summed E-state index contributed by atoms with van der Waals surface area (Å²) in [6.45, 7) is 4.54. The van der Waals surface area contributed by atoms with Gasteiger partial charge in [-0.15, -0.1) is 0 Å². The quantitative estimate of drug-likeness (QED) is 0.807. The minimum absolute atomic E-state index is 0.179. The summed E-state index contributed by atoms with van der Waals surface area (Å²) in [4.78, 5) is 33.9. The van der Waals surface area contributed by atoms with E-state index in [1.165, 1.54) is 4.90 Å². The number of nitrogens with zero attached hydrogens (tertiary/aromatic N) is 4. The van der Waals surface area contributed by atoms with Crippen LogP contribution in [0.5, 0.6) is 0 Å². The summed E-state index contributed by atoms with van der Waals surface area (Å²) in [6.07, 6.45) is 1.61. The number of hydrazine groups is 1. The van der Waals surface area contributed by atoms with Gasteiger partial charge in [0.2, 0.25) is 0 Å². The lowest BCUT2D eigenvalue weighted by Crippen LogP contribution is -2.59. The number of urea groups is 1. The lowest BCUT2D eigenvalue weighted by molar-refractivity contribution is 0.0666. The van der Waals surface area contributed by atoms with Gasteiger partial charge in [0, 0.05) is 31.9 Å². The molecule has 1 unspecified atom stereocenters. The number of aromatic nitrogens is 1. The molecule has 0 spiro atoms. The van der Waals surface area contributed by atoms with Gasteiger partial charge in [-0.2, -0.15) is 0 Å². The molecule has 0 radical (unpaired) electrons. The molecule has 0 aliphatic carbocycles. The number of pyridine rings is 1. The first kappa shape index (κ1) is 17.4. The number of hydrogen-bond acceptors (Lipinski definition) is 5. The standard InChI is InChI=1S/C19H22N6O2/c1-13-12-23(2)10-11-24(13)22-19(27)25-16-8-4-3-6-14(16)18(26)21-15-7-5-9-20-17(15)25/h3-9,13H,10-12H2,1-2H3,(H,21,26)(H,22,27). The number of benzene rings is 1. The summed E-state index contributed by atoms with van der Waals surface area (Å²) in [7, 11) is 2.07. The molecule has 3 amide bonds. The van der Waals surface area contributed by atoms with Gasteiger partial charge in [-0.05, 0) is 38.2 Å². The topological polar surface area (TPSA) is 80.8 Å². The summed E-state index contributed by atoms with van der Waals surface area (Å²) in [5, 5.41) is 4.78. The fraction of sp³-hybridized carbons (Fsp3) is 0.316. The van der Waals surface area contributed by atoms with Crippen molar-refractivity contribution >= 4 is 29.1 Å². The zero-order chi connectivity index (χ0) is 19.0. The molecule has 1 fully saturated rings. The van der Waals surface area contributed by atoms with Crippen LogP contribution in [-0.2, 0) is 0 Å². The highest BCUT2D eigenvalue weighted by Gasteiger charge is 2.32. The SMILES string of the molecule is CC1CN(C)CCN1NC(=O)N1c2ccccc2C(=O)Nc2cccnc21. The number of amides is 3. The lowest BCUT2D eigenvalue weighted by atomic mass is 10.1. The molecule has 1 atom stereocenters. The number of fused-ring (bicyclic) bond motifs is 2. The third kappa shape index (κ3) is 3.24. The number of hydrogen-bond donors (Lipinski definition) is 2. The second-order valence-electron chi connectivity index (χ2n) is 6.90. The van der Waals surface area contributed by atoms with E-state index in [9.17, 15) is 9.59 Å². The van der Waals surface area contributed by atoms with Gasteiger partial charge in [-0.3, -0.25) is 10.2 Å². The van der Waals surface area contributed by atoms with Crippen molar-refractivity contribution in [3.63, 3.8) is 0 Å². The highest BCUT2D eigenvalue weighted by molar-refractivity contribution is 6.16. The molecule has 2 aromatic rings. The van der Waals surface area contributed by atoms with Crippen LogP contribution in [0.4, 0.5) is 22.0 Å². The van der Waals surface area contributed by atoms with Crippen LogP contribution in [-0.4, -0.2) is 59.6 Å². The maximum atomic E-state index is 13.3. The molecule has 2 aliphatic heterocycles. The molecule has 0 saturated carbocycles. The van der Waals surface area contributed by atoms with Crippen LogP contribution >= 0.6 is 0 Å². The number of anilines is 3. The number of likely N-dealkylation sites (N-methyl/N-ethyl adjacent to an activating group) is 1. The van der Waals surface area contributed by atoms with E-state index < -0.39 is 0 Å². The fourth-order valence-electron chi connectivity index (χ4n) is 3.52. The lowest BCUT2D eigenvalue weighted by Gasteiger charge is -2.39. The van der Waals surface area contributed by atoms with E-state index >= 15 is 0 Å². The minimum Gasteiger partial charge on any atom is -0.319 e. The van der Waals surface area contributed by atoms with Crippen LogP contribution < -0.4 is 15.6 Å².